The normalized spacial score (nSPS) is 16.1. The minimum absolute atomic E-state index is 0.0993. The molecule has 156 valence electrons. The zero-order valence-electron chi connectivity index (χ0n) is 15.1. The molecule has 1 amide bonds. The third kappa shape index (κ3) is 4.18. The van der Waals surface area contributed by atoms with E-state index < -0.39 is 50.0 Å². The number of phenolic OH excluding ortho intramolecular Hbond substituents is 1. The van der Waals surface area contributed by atoms with Crippen molar-refractivity contribution < 1.29 is 35.7 Å². The molecular formula is C17H17FN2O7S2. The molecule has 1 heterocycles. The van der Waals surface area contributed by atoms with Crippen LogP contribution in [0.3, 0.4) is 0 Å². The minimum atomic E-state index is -4.45. The number of rotatable bonds is 5. The van der Waals surface area contributed by atoms with Gasteiger partial charge in [0.15, 0.2) is 5.82 Å². The molecule has 1 aliphatic rings. The molecule has 0 radical (unpaired) electrons. The van der Waals surface area contributed by atoms with Crippen LogP contribution in [0.4, 0.5) is 10.1 Å². The molecule has 0 aliphatic carbocycles. The van der Waals surface area contributed by atoms with Crippen LogP contribution >= 0.6 is 0 Å². The highest BCUT2D eigenvalue weighted by Gasteiger charge is 2.37. The highest BCUT2D eigenvalue weighted by atomic mass is 32.2. The van der Waals surface area contributed by atoms with E-state index in [0.717, 1.165) is 12.1 Å². The average molecular weight is 444 g/mol. The van der Waals surface area contributed by atoms with Crippen LogP contribution in [-0.4, -0.2) is 38.9 Å². The smallest absolute Gasteiger partial charge is 0.326 e. The predicted molar refractivity (Wildman–Crippen MR) is 101 cm³/mol. The number of anilines is 1. The predicted octanol–water partition coefficient (Wildman–Crippen LogP) is 1.05. The number of phenols is 1. The molecule has 0 spiro atoms. The Morgan fingerprint density at radius 2 is 1.93 bits per heavy atom. The Balaban J connectivity index is 1.92. The number of carbonyl (C=O) groups excluding carboxylic acids is 1. The SMILES string of the molecule is Cc1cccc(S(=O)(=O)O)c1CCc1cc(O)c(N2CC(=O)NS2(=O)=O)c(F)c1. The van der Waals surface area contributed by atoms with E-state index >= 15 is 0 Å². The van der Waals surface area contributed by atoms with Crippen molar-refractivity contribution in [3.05, 3.63) is 52.8 Å². The molecule has 0 atom stereocenters. The van der Waals surface area contributed by atoms with Gasteiger partial charge < -0.3 is 5.11 Å². The lowest BCUT2D eigenvalue weighted by atomic mass is 10.00. The summed E-state index contributed by atoms with van der Waals surface area (Å²) in [7, 11) is -8.74. The van der Waals surface area contributed by atoms with Crippen LogP contribution in [0.2, 0.25) is 0 Å². The molecule has 12 heteroatoms. The number of amides is 1. The molecule has 0 unspecified atom stereocenters. The molecule has 29 heavy (non-hydrogen) atoms. The van der Waals surface area contributed by atoms with E-state index in [1.165, 1.54) is 12.1 Å². The van der Waals surface area contributed by atoms with Crippen molar-refractivity contribution in [3.63, 3.8) is 0 Å². The summed E-state index contributed by atoms with van der Waals surface area (Å²) in [4.78, 5) is 11.1. The summed E-state index contributed by atoms with van der Waals surface area (Å²) in [5.41, 5.74) is 0.566. The zero-order chi connectivity index (χ0) is 21.6. The quantitative estimate of drug-likeness (QED) is 0.586. The third-order valence-electron chi connectivity index (χ3n) is 4.48. The van der Waals surface area contributed by atoms with Gasteiger partial charge in [-0.3, -0.25) is 9.35 Å². The Labute approximate surface area is 166 Å². The van der Waals surface area contributed by atoms with Crippen molar-refractivity contribution in [2.75, 3.05) is 10.8 Å². The average Bonchev–Trinajstić information content (AvgIpc) is 2.84. The van der Waals surface area contributed by atoms with Gasteiger partial charge in [0.25, 0.3) is 16.0 Å². The summed E-state index contributed by atoms with van der Waals surface area (Å²) in [5.74, 6) is -2.59. The maximum atomic E-state index is 14.6. The minimum Gasteiger partial charge on any atom is -0.506 e. The van der Waals surface area contributed by atoms with Crippen LogP contribution in [0, 0.1) is 12.7 Å². The van der Waals surface area contributed by atoms with Crippen molar-refractivity contribution in [1.82, 2.24) is 4.72 Å². The Kier molecular flexibility index (Phi) is 5.28. The first-order chi connectivity index (χ1) is 13.4. The van der Waals surface area contributed by atoms with Crippen molar-refractivity contribution in [3.8, 4) is 5.75 Å². The maximum absolute atomic E-state index is 14.6. The van der Waals surface area contributed by atoms with Crippen LogP contribution in [0.15, 0.2) is 35.2 Å². The molecule has 1 aliphatic heterocycles. The highest BCUT2D eigenvalue weighted by molar-refractivity contribution is 7.92. The number of nitrogens with one attached hydrogen (secondary N) is 1. The number of aryl methyl sites for hydroxylation is 2. The summed E-state index contributed by atoms with van der Waals surface area (Å²) >= 11 is 0. The number of carbonyl (C=O) groups is 1. The summed E-state index contributed by atoms with van der Waals surface area (Å²) in [6.07, 6.45) is 0.212. The van der Waals surface area contributed by atoms with Gasteiger partial charge in [0.05, 0.1) is 4.90 Å². The molecular weight excluding hydrogens is 427 g/mol. The number of hydrogen-bond acceptors (Lipinski definition) is 6. The monoisotopic (exact) mass is 444 g/mol. The second-order valence-electron chi connectivity index (χ2n) is 6.51. The lowest BCUT2D eigenvalue weighted by Crippen LogP contribution is -2.30. The maximum Gasteiger partial charge on any atom is 0.326 e. The second kappa shape index (κ2) is 7.28. The standard InChI is InChI=1S/C17H17FN2O7S2/c1-10-3-2-4-15(28(23,24)25)12(10)6-5-11-7-13(18)17(14(21)8-11)20-9-16(22)19-29(20,26)27/h2-4,7-8,21H,5-6,9H2,1H3,(H,19,22)(H,23,24,25). The van der Waals surface area contributed by atoms with E-state index in [4.69, 9.17) is 0 Å². The van der Waals surface area contributed by atoms with Gasteiger partial charge in [-0.15, -0.1) is 0 Å². The van der Waals surface area contributed by atoms with Gasteiger partial charge in [-0.1, -0.05) is 12.1 Å². The van der Waals surface area contributed by atoms with Crippen molar-refractivity contribution in [2.24, 2.45) is 0 Å². The van der Waals surface area contributed by atoms with Gasteiger partial charge in [0.1, 0.15) is 18.0 Å². The van der Waals surface area contributed by atoms with Crippen molar-refractivity contribution in [1.29, 1.82) is 0 Å². The summed E-state index contributed by atoms with van der Waals surface area (Å²) < 4.78 is 73.0. The first-order valence-electron chi connectivity index (χ1n) is 8.31. The fourth-order valence-corrected chi connectivity index (χ4v) is 5.18. The van der Waals surface area contributed by atoms with Crippen LogP contribution < -0.4 is 9.03 Å². The van der Waals surface area contributed by atoms with E-state index in [1.54, 1.807) is 17.7 Å². The van der Waals surface area contributed by atoms with Crippen LogP contribution in [0.1, 0.15) is 16.7 Å². The fourth-order valence-electron chi connectivity index (χ4n) is 3.18. The Morgan fingerprint density at radius 3 is 2.48 bits per heavy atom. The van der Waals surface area contributed by atoms with E-state index in [-0.39, 0.29) is 23.3 Å². The Bertz CT molecular complexity index is 1190. The molecule has 1 fully saturated rings. The molecule has 3 N–H and O–H groups in total. The van der Waals surface area contributed by atoms with E-state index in [2.05, 4.69) is 0 Å². The topological polar surface area (TPSA) is 141 Å². The molecule has 9 nitrogen and oxygen atoms in total. The van der Waals surface area contributed by atoms with Gasteiger partial charge >= 0.3 is 10.2 Å². The molecule has 0 aromatic heterocycles. The fraction of sp³-hybridized carbons (Fsp3) is 0.235. The number of halogens is 1. The Morgan fingerprint density at radius 1 is 1.24 bits per heavy atom. The van der Waals surface area contributed by atoms with Crippen LogP contribution in [0.5, 0.6) is 5.75 Å². The van der Waals surface area contributed by atoms with E-state index in [1.807, 2.05) is 0 Å². The van der Waals surface area contributed by atoms with E-state index in [9.17, 15) is 35.7 Å². The number of hydrogen-bond donors (Lipinski definition) is 3. The highest BCUT2D eigenvalue weighted by Crippen LogP contribution is 2.35. The molecule has 0 saturated carbocycles. The van der Waals surface area contributed by atoms with Gasteiger partial charge in [-0.25, -0.2) is 13.4 Å². The first-order valence-corrected chi connectivity index (χ1v) is 11.2. The van der Waals surface area contributed by atoms with Crippen molar-refractivity contribution in [2.45, 2.75) is 24.7 Å². The van der Waals surface area contributed by atoms with Crippen LogP contribution in [-0.2, 0) is 38.0 Å². The lowest BCUT2D eigenvalue weighted by molar-refractivity contribution is -0.117. The third-order valence-corrected chi connectivity index (χ3v) is 6.80. The van der Waals surface area contributed by atoms with Crippen molar-refractivity contribution >= 4 is 31.9 Å². The second-order valence-corrected chi connectivity index (χ2v) is 9.49. The van der Waals surface area contributed by atoms with Gasteiger partial charge in [-0.05, 0) is 54.7 Å². The van der Waals surface area contributed by atoms with Gasteiger partial charge in [-0.2, -0.15) is 16.8 Å². The number of nitrogens with zero attached hydrogens (tertiary/aromatic N) is 1. The molecule has 3 rings (SSSR count). The van der Waals surface area contributed by atoms with Gasteiger partial charge in [0, 0.05) is 0 Å². The largest absolute Gasteiger partial charge is 0.506 e. The molecule has 2 aromatic rings. The summed E-state index contributed by atoms with van der Waals surface area (Å²) in [6.45, 7) is 1.00. The first kappa shape index (κ1) is 21.0. The van der Waals surface area contributed by atoms with Gasteiger partial charge in [0.2, 0.25) is 0 Å². The lowest BCUT2D eigenvalue weighted by Gasteiger charge is -2.18. The van der Waals surface area contributed by atoms with Crippen LogP contribution in [0.25, 0.3) is 0 Å². The summed E-state index contributed by atoms with van der Waals surface area (Å²) in [5, 5.41) is 10.2. The molecule has 2 aromatic carbocycles. The molecule has 1 saturated heterocycles. The number of aromatic hydroxyl groups is 1. The summed E-state index contributed by atoms with van der Waals surface area (Å²) in [6, 6.07) is 6.53. The number of benzene rings is 2. The zero-order valence-corrected chi connectivity index (χ0v) is 16.7. The molecule has 0 bridgehead atoms. The Hall–Kier alpha value is -2.70. The van der Waals surface area contributed by atoms with E-state index in [0.29, 0.717) is 15.4 Å².